The first-order valence-electron chi connectivity index (χ1n) is 10.4. The van der Waals surface area contributed by atoms with Gasteiger partial charge < -0.3 is 10.1 Å². The third kappa shape index (κ3) is 3.97. The normalized spacial score (nSPS) is 23.2. The first kappa shape index (κ1) is 20.1. The maximum Gasteiger partial charge on any atom is 0.341 e. The van der Waals surface area contributed by atoms with Crippen molar-refractivity contribution in [1.82, 2.24) is 0 Å². The molecule has 0 radical (unpaired) electrons. The summed E-state index contributed by atoms with van der Waals surface area (Å²) in [6.07, 6.45) is 3.74. The van der Waals surface area contributed by atoms with Crippen LogP contribution in [0.2, 0.25) is 0 Å². The zero-order chi connectivity index (χ0) is 20.8. The maximum absolute atomic E-state index is 12.9. The molecule has 29 heavy (non-hydrogen) atoms. The molecule has 1 heterocycles. The van der Waals surface area contributed by atoms with E-state index >= 15 is 0 Å². The predicted molar refractivity (Wildman–Crippen MR) is 117 cm³/mol. The van der Waals surface area contributed by atoms with Crippen LogP contribution in [0.4, 0.5) is 5.00 Å². The highest BCUT2D eigenvalue weighted by Gasteiger charge is 2.44. The second-order valence-electron chi connectivity index (χ2n) is 9.35. The van der Waals surface area contributed by atoms with Gasteiger partial charge in [-0.1, -0.05) is 51.1 Å². The summed E-state index contributed by atoms with van der Waals surface area (Å²) in [5, 5.41) is 3.74. The molecule has 0 bridgehead atoms. The average molecular weight is 412 g/mol. The highest BCUT2D eigenvalue weighted by atomic mass is 32.1. The van der Waals surface area contributed by atoms with Gasteiger partial charge >= 0.3 is 5.97 Å². The summed E-state index contributed by atoms with van der Waals surface area (Å²) >= 11 is 1.56. The molecule has 1 N–H and O–H groups in total. The van der Waals surface area contributed by atoms with Crippen LogP contribution in [0.15, 0.2) is 30.3 Å². The fourth-order valence-electron chi connectivity index (χ4n) is 4.49. The van der Waals surface area contributed by atoms with Gasteiger partial charge in [-0.25, -0.2) is 4.79 Å². The summed E-state index contributed by atoms with van der Waals surface area (Å²) < 4.78 is 5.06. The minimum atomic E-state index is -0.345. The smallest absolute Gasteiger partial charge is 0.341 e. The molecule has 0 spiro atoms. The molecule has 2 aromatic rings. The number of anilines is 1. The van der Waals surface area contributed by atoms with E-state index in [-0.39, 0.29) is 29.1 Å². The zero-order valence-electron chi connectivity index (χ0n) is 17.6. The van der Waals surface area contributed by atoms with Crippen molar-refractivity contribution in [3.63, 3.8) is 0 Å². The van der Waals surface area contributed by atoms with E-state index in [1.807, 2.05) is 18.2 Å². The van der Waals surface area contributed by atoms with Crippen LogP contribution in [0.1, 0.15) is 65.9 Å². The van der Waals surface area contributed by atoms with Gasteiger partial charge in [0.1, 0.15) is 5.00 Å². The summed E-state index contributed by atoms with van der Waals surface area (Å²) in [6.45, 7) is 6.82. The van der Waals surface area contributed by atoms with Gasteiger partial charge in [-0.05, 0) is 54.1 Å². The Kier molecular flexibility index (Phi) is 5.28. The van der Waals surface area contributed by atoms with Crippen molar-refractivity contribution in [1.29, 1.82) is 0 Å². The fourth-order valence-corrected chi connectivity index (χ4v) is 5.81. The minimum Gasteiger partial charge on any atom is -0.465 e. The Bertz CT molecular complexity index is 926. The molecule has 2 aliphatic rings. The lowest BCUT2D eigenvalue weighted by molar-refractivity contribution is -0.117. The van der Waals surface area contributed by atoms with Crippen LogP contribution in [0.5, 0.6) is 0 Å². The molecule has 154 valence electrons. The molecule has 3 atom stereocenters. The Morgan fingerprint density at radius 3 is 2.55 bits per heavy atom. The van der Waals surface area contributed by atoms with Crippen molar-refractivity contribution >= 4 is 28.2 Å². The molecule has 1 aromatic heterocycles. The number of hydrogen-bond acceptors (Lipinski definition) is 4. The number of thiophene rings is 1. The predicted octanol–water partition coefficient (Wildman–Crippen LogP) is 5.43. The van der Waals surface area contributed by atoms with Gasteiger partial charge in [-0.15, -0.1) is 11.3 Å². The lowest BCUT2D eigenvalue weighted by Crippen LogP contribution is -2.26. The van der Waals surface area contributed by atoms with Crippen molar-refractivity contribution in [2.24, 2.45) is 17.3 Å². The Morgan fingerprint density at radius 2 is 1.90 bits per heavy atom. The van der Waals surface area contributed by atoms with Crippen molar-refractivity contribution in [3.8, 4) is 0 Å². The Balaban J connectivity index is 1.55. The van der Waals surface area contributed by atoms with E-state index in [9.17, 15) is 9.59 Å². The summed E-state index contributed by atoms with van der Waals surface area (Å²) in [5.74, 6) is 0.493. The average Bonchev–Trinajstić information content (AvgIpc) is 3.42. The number of amides is 1. The second-order valence-corrected chi connectivity index (χ2v) is 10.5. The van der Waals surface area contributed by atoms with E-state index in [0.717, 1.165) is 31.2 Å². The molecule has 0 unspecified atom stereocenters. The number of fused-ring (bicyclic) bond motifs is 1. The minimum absolute atomic E-state index is 0.00924. The number of carbonyl (C=O) groups is 2. The molecule has 4 nitrogen and oxygen atoms in total. The lowest BCUT2D eigenvalue weighted by atomic mass is 9.72. The molecule has 0 saturated heterocycles. The van der Waals surface area contributed by atoms with Crippen LogP contribution < -0.4 is 5.32 Å². The number of benzene rings is 1. The third-order valence-corrected chi connectivity index (χ3v) is 7.64. The van der Waals surface area contributed by atoms with Gasteiger partial charge in [0, 0.05) is 10.8 Å². The molecule has 0 aliphatic heterocycles. The van der Waals surface area contributed by atoms with Crippen molar-refractivity contribution in [2.45, 2.75) is 52.4 Å². The monoisotopic (exact) mass is 411 g/mol. The van der Waals surface area contributed by atoms with Crippen LogP contribution >= 0.6 is 11.3 Å². The standard InChI is InChI=1S/C24H29NO3S/c1-24(2,3)15-10-11-16-19(12-15)29-22(20(16)23(27)28-4)25-21(26)18-13-17(18)14-8-6-5-7-9-14/h5-9,15,17-18H,10-13H2,1-4H3,(H,25,26)/t15-,17+,18+/m1/s1. The second kappa shape index (κ2) is 7.60. The van der Waals surface area contributed by atoms with Crippen molar-refractivity contribution in [2.75, 3.05) is 12.4 Å². The van der Waals surface area contributed by atoms with Crippen molar-refractivity contribution in [3.05, 3.63) is 51.9 Å². The number of ether oxygens (including phenoxy) is 1. The number of carbonyl (C=O) groups excluding carboxylic acids is 2. The molecule has 2 aliphatic carbocycles. The first-order valence-corrected chi connectivity index (χ1v) is 11.2. The number of methoxy groups -OCH3 is 1. The number of esters is 1. The first-order chi connectivity index (χ1) is 13.8. The van der Waals surface area contributed by atoms with E-state index in [1.165, 1.54) is 17.6 Å². The van der Waals surface area contributed by atoms with E-state index in [2.05, 4.69) is 38.2 Å². The Morgan fingerprint density at radius 1 is 1.17 bits per heavy atom. The van der Waals surface area contributed by atoms with Crippen LogP contribution in [-0.2, 0) is 22.4 Å². The molecule has 1 amide bonds. The van der Waals surface area contributed by atoms with Crippen LogP contribution in [0, 0.1) is 17.3 Å². The van der Waals surface area contributed by atoms with Crippen LogP contribution in [-0.4, -0.2) is 19.0 Å². The summed E-state index contributed by atoms with van der Waals surface area (Å²) in [6, 6.07) is 10.2. The van der Waals surface area contributed by atoms with E-state index in [1.54, 1.807) is 11.3 Å². The van der Waals surface area contributed by atoms with Crippen LogP contribution in [0.25, 0.3) is 0 Å². The molecule has 1 fully saturated rings. The van der Waals surface area contributed by atoms with Crippen LogP contribution in [0.3, 0.4) is 0 Å². The van der Waals surface area contributed by atoms with Gasteiger partial charge in [0.25, 0.3) is 0 Å². The summed E-state index contributed by atoms with van der Waals surface area (Å²) in [5.41, 5.74) is 3.09. The van der Waals surface area contributed by atoms with E-state index in [0.29, 0.717) is 16.5 Å². The van der Waals surface area contributed by atoms with Gasteiger partial charge in [0.15, 0.2) is 0 Å². The molecule has 1 aromatic carbocycles. The number of rotatable bonds is 4. The zero-order valence-corrected chi connectivity index (χ0v) is 18.4. The summed E-state index contributed by atoms with van der Waals surface area (Å²) in [4.78, 5) is 26.7. The lowest BCUT2D eigenvalue weighted by Gasteiger charge is -2.33. The summed E-state index contributed by atoms with van der Waals surface area (Å²) in [7, 11) is 1.41. The molecule has 1 saturated carbocycles. The Labute approximate surface area is 176 Å². The molecular weight excluding hydrogens is 382 g/mol. The van der Waals surface area contributed by atoms with Gasteiger partial charge in [-0.3, -0.25) is 4.79 Å². The third-order valence-electron chi connectivity index (χ3n) is 6.47. The highest BCUT2D eigenvalue weighted by Crippen LogP contribution is 2.49. The van der Waals surface area contributed by atoms with Crippen molar-refractivity contribution < 1.29 is 14.3 Å². The number of nitrogens with one attached hydrogen (secondary N) is 1. The SMILES string of the molecule is COC(=O)c1c(NC(=O)[C@H]2C[C@H]2c2ccccc2)sc2c1CC[C@@H](C(C)(C)C)C2. The topological polar surface area (TPSA) is 55.4 Å². The fraction of sp³-hybridized carbons (Fsp3) is 0.500. The maximum atomic E-state index is 12.9. The number of hydrogen-bond donors (Lipinski definition) is 1. The largest absolute Gasteiger partial charge is 0.465 e. The highest BCUT2D eigenvalue weighted by molar-refractivity contribution is 7.17. The molecule has 4 rings (SSSR count). The molecular formula is C24H29NO3S. The van der Waals surface area contributed by atoms with E-state index < -0.39 is 0 Å². The van der Waals surface area contributed by atoms with E-state index in [4.69, 9.17) is 4.74 Å². The van der Waals surface area contributed by atoms with Gasteiger partial charge in [-0.2, -0.15) is 0 Å². The molecule has 5 heteroatoms. The van der Waals surface area contributed by atoms with Gasteiger partial charge in [0.2, 0.25) is 5.91 Å². The van der Waals surface area contributed by atoms with Gasteiger partial charge in [0.05, 0.1) is 12.7 Å². The quantitative estimate of drug-likeness (QED) is 0.683. The Hall–Kier alpha value is -2.14.